The summed E-state index contributed by atoms with van der Waals surface area (Å²) >= 11 is 1.61. The fourth-order valence-corrected chi connectivity index (χ4v) is 3.42. The number of thiazole rings is 1. The Morgan fingerprint density at radius 3 is 3.06 bits per heavy atom. The van der Waals surface area contributed by atoms with E-state index in [0.717, 1.165) is 31.0 Å². The molecule has 0 radical (unpaired) electrons. The maximum absolute atomic E-state index is 11.8. The number of fused-ring (bicyclic) bond motifs is 1. The standard InChI is InChI=1S/C12H17N3O2S/c16-11(13-8-5-6-17-7-8)15-12-14-9-3-1-2-4-10(9)18-12/h8H,1-7H2,(H2,13,14,15,16). The van der Waals surface area contributed by atoms with Crippen LogP contribution >= 0.6 is 11.3 Å². The van der Waals surface area contributed by atoms with Gasteiger partial charge in [0.05, 0.1) is 18.3 Å². The van der Waals surface area contributed by atoms with Crippen LogP contribution in [0, 0.1) is 0 Å². The fraction of sp³-hybridized carbons (Fsp3) is 0.667. The second kappa shape index (κ2) is 5.24. The molecule has 0 bridgehead atoms. The number of carbonyl (C=O) groups excluding carboxylic acids is 1. The van der Waals surface area contributed by atoms with E-state index >= 15 is 0 Å². The molecule has 0 spiro atoms. The predicted molar refractivity (Wildman–Crippen MR) is 70.1 cm³/mol. The minimum atomic E-state index is -0.170. The van der Waals surface area contributed by atoms with E-state index in [1.807, 2.05) is 0 Å². The summed E-state index contributed by atoms with van der Waals surface area (Å²) in [4.78, 5) is 17.6. The zero-order chi connectivity index (χ0) is 12.4. The highest BCUT2D eigenvalue weighted by Crippen LogP contribution is 2.29. The fourth-order valence-electron chi connectivity index (χ4n) is 2.37. The summed E-state index contributed by atoms with van der Waals surface area (Å²) in [5.41, 5.74) is 1.17. The van der Waals surface area contributed by atoms with Gasteiger partial charge in [0.1, 0.15) is 0 Å². The Hall–Kier alpha value is -1.14. The number of nitrogens with zero attached hydrogens (tertiary/aromatic N) is 1. The highest BCUT2D eigenvalue weighted by molar-refractivity contribution is 7.15. The van der Waals surface area contributed by atoms with Crippen LogP contribution in [0.25, 0.3) is 0 Å². The van der Waals surface area contributed by atoms with Crippen LogP contribution < -0.4 is 10.6 Å². The number of aryl methyl sites for hydroxylation is 2. The Bertz CT molecular complexity index is 417. The Morgan fingerprint density at radius 1 is 1.39 bits per heavy atom. The van der Waals surface area contributed by atoms with E-state index in [1.54, 1.807) is 11.3 Å². The monoisotopic (exact) mass is 267 g/mol. The van der Waals surface area contributed by atoms with Gasteiger partial charge in [-0.15, -0.1) is 11.3 Å². The SMILES string of the molecule is O=C(Nc1nc2c(s1)CCCC2)NC1CCOC1. The summed E-state index contributed by atoms with van der Waals surface area (Å²) in [5.74, 6) is 0. The molecule has 2 heterocycles. The van der Waals surface area contributed by atoms with Crippen LogP contribution in [0.4, 0.5) is 9.93 Å². The first kappa shape index (κ1) is 11.9. The van der Waals surface area contributed by atoms with Crippen molar-refractivity contribution in [3.8, 4) is 0 Å². The molecule has 2 N–H and O–H groups in total. The second-order valence-corrected chi connectivity index (χ2v) is 5.84. The molecule has 5 nitrogen and oxygen atoms in total. The first-order chi connectivity index (χ1) is 8.81. The van der Waals surface area contributed by atoms with Gasteiger partial charge >= 0.3 is 6.03 Å². The van der Waals surface area contributed by atoms with E-state index in [0.29, 0.717) is 6.61 Å². The zero-order valence-corrected chi connectivity index (χ0v) is 11.0. The molecule has 2 aliphatic rings. The number of rotatable bonds is 2. The molecule has 1 saturated heterocycles. The highest BCUT2D eigenvalue weighted by atomic mass is 32.1. The maximum atomic E-state index is 11.8. The molecule has 2 amide bonds. The number of hydrogen-bond donors (Lipinski definition) is 2. The first-order valence-corrected chi connectivity index (χ1v) is 7.27. The van der Waals surface area contributed by atoms with Gasteiger partial charge < -0.3 is 10.1 Å². The molecule has 98 valence electrons. The Kier molecular flexibility index (Phi) is 3.47. The molecule has 0 aromatic carbocycles. The number of anilines is 1. The van der Waals surface area contributed by atoms with Crippen LogP contribution in [0.2, 0.25) is 0 Å². The van der Waals surface area contributed by atoms with E-state index in [-0.39, 0.29) is 12.1 Å². The van der Waals surface area contributed by atoms with E-state index < -0.39 is 0 Å². The maximum Gasteiger partial charge on any atom is 0.321 e. The minimum absolute atomic E-state index is 0.139. The van der Waals surface area contributed by atoms with Crippen molar-refractivity contribution in [3.63, 3.8) is 0 Å². The smallest absolute Gasteiger partial charge is 0.321 e. The summed E-state index contributed by atoms with van der Waals surface area (Å²) in [6, 6.07) is -0.0313. The molecule has 0 saturated carbocycles. The lowest BCUT2D eigenvalue weighted by Gasteiger charge is -2.09. The summed E-state index contributed by atoms with van der Waals surface area (Å²) in [6.07, 6.45) is 5.49. The normalized spacial score (nSPS) is 22.6. The Morgan fingerprint density at radius 2 is 2.28 bits per heavy atom. The third-order valence-electron chi connectivity index (χ3n) is 3.33. The molecule has 3 rings (SSSR count). The van der Waals surface area contributed by atoms with E-state index in [4.69, 9.17) is 4.74 Å². The second-order valence-electron chi connectivity index (χ2n) is 4.75. The van der Waals surface area contributed by atoms with Crippen molar-refractivity contribution in [1.29, 1.82) is 0 Å². The summed E-state index contributed by atoms with van der Waals surface area (Å²) in [6.45, 7) is 1.35. The number of urea groups is 1. The van der Waals surface area contributed by atoms with Crippen LogP contribution in [-0.4, -0.2) is 30.3 Å². The number of ether oxygens (including phenoxy) is 1. The molecule has 1 aliphatic heterocycles. The van der Waals surface area contributed by atoms with Gasteiger partial charge in [-0.2, -0.15) is 0 Å². The zero-order valence-electron chi connectivity index (χ0n) is 10.2. The van der Waals surface area contributed by atoms with Crippen molar-refractivity contribution in [2.45, 2.75) is 38.1 Å². The molecule has 1 aliphatic carbocycles. The van der Waals surface area contributed by atoms with Gasteiger partial charge in [-0.1, -0.05) is 0 Å². The molecular weight excluding hydrogens is 250 g/mol. The molecule has 1 fully saturated rings. The van der Waals surface area contributed by atoms with Crippen LogP contribution in [0.3, 0.4) is 0 Å². The number of amides is 2. The van der Waals surface area contributed by atoms with Crippen molar-refractivity contribution in [3.05, 3.63) is 10.6 Å². The van der Waals surface area contributed by atoms with Crippen LogP contribution in [0.15, 0.2) is 0 Å². The number of nitrogens with one attached hydrogen (secondary N) is 2. The third-order valence-corrected chi connectivity index (χ3v) is 4.40. The van der Waals surface area contributed by atoms with Gasteiger partial charge in [0.2, 0.25) is 0 Å². The molecule has 18 heavy (non-hydrogen) atoms. The van der Waals surface area contributed by atoms with E-state index in [2.05, 4.69) is 15.6 Å². The number of carbonyl (C=O) groups is 1. The van der Waals surface area contributed by atoms with Crippen LogP contribution in [0.5, 0.6) is 0 Å². The van der Waals surface area contributed by atoms with Gasteiger partial charge in [0.15, 0.2) is 5.13 Å². The predicted octanol–water partition coefficient (Wildman–Crippen LogP) is 1.93. The van der Waals surface area contributed by atoms with Crippen molar-refractivity contribution in [2.75, 3.05) is 18.5 Å². The molecule has 1 aromatic rings. The van der Waals surface area contributed by atoms with Crippen LogP contribution in [-0.2, 0) is 17.6 Å². The highest BCUT2D eigenvalue weighted by Gasteiger charge is 2.20. The van der Waals surface area contributed by atoms with Gasteiger partial charge in [0.25, 0.3) is 0 Å². The van der Waals surface area contributed by atoms with Crippen molar-refractivity contribution in [1.82, 2.24) is 10.3 Å². The first-order valence-electron chi connectivity index (χ1n) is 6.45. The summed E-state index contributed by atoms with van der Waals surface area (Å²) in [7, 11) is 0. The van der Waals surface area contributed by atoms with E-state index in [9.17, 15) is 4.79 Å². The molecule has 6 heteroatoms. The largest absolute Gasteiger partial charge is 0.379 e. The van der Waals surface area contributed by atoms with Crippen molar-refractivity contribution >= 4 is 22.5 Å². The lowest BCUT2D eigenvalue weighted by atomic mass is 10.0. The van der Waals surface area contributed by atoms with Crippen molar-refractivity contribution < 1.29 is 9.53 Å². The Balaban J connectivity index is 1.58. The number of aromatic nitrogens is 1. The van der Waals surface area contributed by atoms with Gasteiger partial charge in [-0.05, 0) is 32.1 Å². The lowest BCUT2D eigenvalue weighted by molar-refractivity contribution is 0.189. The molecule has 1 atom stereocenters. The third kappa shape index (κ3) is 2.64. The topological polar surface area (TPSA) is 63.2 Å². The van der Waals surface area contributed by atoms with Gasteiger partial charge in [-0.25, -0.2) is 9.78 Å². The Labute approximate surface area is 110 Å². The van der Waals surface area contributed by atoms with Crippen LogP contribution in [0.1, 0.15) is 29.8 Å². The molecular formula is C12H17N3O2S. The molecule has 1 aromatic heterocycles. The summed E-state index contributed by atoms with van der Waals surface area (Å²) < 4.78 is 5.22. The van der Waals surface area contributed by atoms with Gasteiger partial charge in [0, 0.05) is 11.5 Å². The average molecular weight is 267 g/mol. The average Bonchev–Trinajstić information content (AvgIpc) is 2.96. The quantitative estimate of drug-likeness (QED) is 0.860. The van der Waals surface area contributed by atoms with E-state index in [1.165, 1.54) is 23.4 Å². The minimum Gasteiger partial charge on any atom is -0.379 e. The number of hydrogen-bond acceptors (Lipinski definition) is 4. The molecule has 1 unspecified atom stereocenters. The van der Waals surface area contributed by atoms with Crippen molar-refractivity contribution in [2.24, 2.45) is 0 Å². The lowest BCUT2D eigenvalue weighted by Crippen LogP contribution is -2.38. The summed E-state index contributed by atoms with van der Waals surface area (Å²) in [5, 5.41) is 6.45. The van der Waals surface area contributed by atoms with Gasteiger partial charge in [-0.3, -0.25) is 5.32 Å².